The second-order valence-corrected chi connectivity index (χ2v) is 4.50. The van der Waals surface area contributed by atoms with E-state index >= 15 is 0 Å². The third-order valence-electron chi connectivity index (χ3n) is 3.22. The van der Waals surface area contributed by atoms with Crippen molar-refractivity contribution >= 4 is 11.6 Å². The zero-order valence-electron chi connectivity index (χ0n) is 9.19. The highest BCUT2D eigenvalue weighted by atomic mass is 35.5. The molecule has 2 heterocycles. The Morgan fingerprint density at radius 3 is 3.13 bits per heavy atom. The molecular weight excluding hydrogens is 210 g/mol. The SMILES string of the molecule is Cn1ccnc1CCN1CCCC1CCl. The predicted molar refractivity (Wildman–Crippen MR) is 62.2 cm³/mol. The van der Waals surface area contributed by atoms with Gasteiger partial charge in [-0.3, -0.25) is 4.90 Å². The largest absolute Gasteiger partial charge is 0.338 e. The zero-order chi connectivity index (χ0) is 10.7. The third-order valence-corrected chi connectivity index (χ3v) is 3.58. The van der Waals surface area contributed by atoms with Gasteiger partial charge in [0.25, 0.3) is 0 Å². The van der Waals surface area contributed by atoms with E-state index in [-0.39, 0.29) is 0 Å². The van der Waals surface area contributed by atoms with Crippen LogP contribution in [0.5, 0.6) is 0 Å². The van der Waals surface area contributed by atoms with E-state index in [1.165, 1.54) is 19.4 Å². The first-order valence-electron chi connectivity index (χ1n) is 5.57. The van der Waals surface area contributed by atoms with Crippen molar-refractivity contribution in [3.8, 4) is 0 Å². The summed E-state index contributed by atoms with van der Waals surface area (Å²) in [6.45, 7) is 2.28. The van der Waals surface area contributed by atoms with Crippen LogP contribution >= 0.6 is 11.6 Å². The van der Waals surface area contributed by atoms with E-state index in [2.05, 4.69) is 14.5 Å². The maximum Gasteiger partial charge on any atom is 0.109 e. The fraction of sp³-hybridized carbons (Fsp3) is 0.727. The first-order chi connectivity index (χ1) is 7.31. The van der Waals surface area contributed by atoms with Gasteiger partial charge >= 0.3 is 0 Å². The lowest BCUT2D eigenvalue weighted by Crippen LogP contribution is -2.32. The Bertz CT molecular complexity index is 311. The van der Waals surface area contributed by atoms with Crippen LogP contribution in [0, 0.1) is 0 Å². The zero-order valence-corrected chi connectivity index (χ0v) is 9.95. The molecule has 4 heteroatoms. The van der Waals surface area contributed by atoms with E-state index in [1.807, 2.05) is 19.4 Å². The van der Waals surface area contributed by atoms with Crippen LogP contribution in [0.2, 0.25) is 0 Å². The average Bonchev–Trinajstić information content (AvgIpc) is 2.83. The minimum atomic E-state index is 0.590. The van der Waals surface area contributed by atoms with Crippen LogP contribution in [0.1, 0.15) is 18.7 Å². The van der Waals surface area contributed by atoms with Gasteiger partial charge in [0.2, 0.25) is 0 Å². The van der Waals surface area contributed by atoms with Crippen LogP contribution in [0.25, 0.3) is 0 Å². The lowest BCUT2D eigenvalue weighted by atomic mass is 10.2. The molecule has 1 atom stereocenters. The maximum atomic E-state index is 5.93. The number of rotatable bonds is 4. The highest BCUT2D eigenvalue weighted by Crippen LogP contribution is 2.18. The molecule has 0 N–H and O–H groups in total. The van der Waals surface area contributed by atoms with E-state index < -0.39 is 0 Å². The smallest absolute Gasteiger partial charge is 0.109 e. The molecule has 1 aromatic heterocycles. The molecule has 15 heavy (non-hydrogen) atoms. The average molecular weight is 228 g/mol. The molecule has 1 saturated heterocycles. The summed E-state index contributed by atoms with van der Waals surface area (Å²) in [7, 11) is 2.05. The first kappa shape index (κ1) is 11.0. The summed E-state index contributed by atoms with van der Waals surface area (Å²) < 4.78 is 2.09. The molecule has 1 aliphatic rings. The highest BCUT2D eigenvalue weighted by Gasteiger charge is 2.23. The fourth-order valence-corrected chi connectivity index (χ4v) is 2.59. The Balaban J connectivity index is 1.85. The lowest BCUT2D eigenvalue weighted by Gasteiger charge is -2.22. The Morgan fingerprint density at radius 1 is 1.60 bits per heavy atom. The van der Waals surface area contributed by atoms with Crippen LogP contribution in [-0.2, 0) is 13.5 Å². The summed E-state index contributed by atoms with van der Waals surface area (Å²) in [4.78, 5) is 6.82. The monoisotopic (exact) mass is 227 g/mol. The summed E-state index contributed by atoms with van der Waals surface area (Å²) >= 11 is 5.93. The number of hydrogen-bond donors (Lipinski definition) is 0. The van der Waals surface area contributed by atoms with Gasteiger partial charge in [-0.2, -0.15) is 0 Å². The lowest BCUT2D eigenvalue weighted by molar-refractivity contribution is 0.272. The van der Waals surface area contributed by atoms with E-state index in [0.29, 0.717) is 6.04 Å². The molecule has 0 radical (unpaired) electrons. The minimum Gasteiger partial charge on any atom is -0.338 e. The van der Waals surface area contributed by atoms with Crippen LogP contribution in [0.3, 0.4) is 0 Å². The van der Waals surface area contributed by atoms with Crippen molar-refractivity contribution in [2.75, 3.05) is 19.0 Å². The molecule has 1 aliphatic heterocycles. The Kier molecular flexibility index (Phi) is 3.65. The number of aryl methyl sites for hydroxylation is 1. The van der Waals surface area contributed by atoms with Gasteiger partial charge in [-0.15, -0.1) is 11.6 Å². The van der Waals surface area contributed by atoms with Crippen LogP contribution in [-0.4, -0.2) is 39.5 Å². The summed E-state index contributed by atoms with van der Waals surface area (Å²) in [6, 6.07) is 0.590. The highest BCUT2D eigenvalue weighted by molar-refractivity contribution is 6.18. The number of aromatic nitrogens is 2. The summed E-state index contributed by atoms with van der Waals surface area (Å²) in [6.07, 6.45) is 7.43. The van der Waals surface area contributed by atoms with E-state index in [4.69, 9.17) is 11.6 Å². The van der Waals surface area contributed by atoms with Crippen molar-refractivity contribution in [1.82, 2.24) is 14.5 Å². The summed E-state index contributed by atoms with van der Waals surface area (Å²) in [5.74, 6) is 1.93. The van der Waals surface area contributed by atoms with Gasteiger partial charge in [0.05, 0.1) is 0 Å². The molecule has 1 aromatic rings. The molecule has 0 saturated carbocycles. The second-order valence-electron chi connectivity index (χ2n) is 4.19. The Morgan fingerprint density at radius 2 is 2.47 bits per heavy atom. The van der Waals surface area contributed by atoms with Gasteiger partial charge in [-0.05, 0) is 19.4 Å². The maximum absolute atomic E-state index is 5.93. The van der Waals surface area contributed by atoms with Crippen LogP contribution in [0.15, 0.2) is 12.4 Å². The molecule has 2 rings (SSSR count). The second kappa shape index (κ2) is 4.99. The van der Waals surface area contributed by atoms with Gasteiger partial charge in [0, 0.05) is 44.3 Å². The Hall–Kier alpha value is -0.540. The number of likely N-dealkylation sites (tertiary alicyclic amines) is 1. The van der Waals surface area contributed by atoms with Crippen LogP contribution in [0.4, 0.5) is 0 Å². The molecule has 84 valence electrons. The van der Waals surface area contributed by atoms with Crippen LogP contribution < -0.4 is 0 Å². The number of imidazole rings is 1. The molecular formula is C11H18ClN3. The topological polar surface area (TPSA) is 21.1 Å². The van der Waals surface area contributed by atoms with Crippen molar-refractivity contribution in [3.05, 3.63) is 18.2 Å². The normalized spacial score (nSPS) is 22.4. The predicted octanol–water partition coefficient (Wildman–Crippen LogP) is 1.67. The molecule has 0 bridgehead atoms. The van der Waals surface area contributed by atoms with Gasteiger partial charge in [-0.25, -0.2) is 4.98 Å². The van der Waals surface area contributed by atoms with Crippen molar-refractivity contribution in [1.29, 1.82) is 0 Å². The van der Waals surface area contributed by atoms with Crippen molar-refractivity contribution in [2.45, 2.75) is 25.3 Å². The molecule has 0 spiro atoms. The van der Waals surface area contributed by atoms with E-state index in [9.17, 15) is 0 Å². The van der Waals surface area contributed by atoms with Gasteiger partial charge in [0.15, 0.2) is 0 Å². The quantitative estimate of drug-likeness (QED) is 0.730. The molecule has 0 amide bonds. The molecule has 1 unspecified atom stereocenters. The number of hydrogen-bond acceptors (Lipinski definition) is 2. The van der Waals surface area contributed by atoms with Crippen molar-refractivity contribution in [3.63, 3.8) is 0 Å². The van der Waals surface area contributed by atoms with Crippen molar-refractivity contribution < 1.29 is 0 Å². The third kappa shape index (κ3) is 2.52. The van der Waals surface area contributed by atoms with E-state index in [1.54, 1.807) is 0 Å². The standard InChI is InChI=1S/C11H18ClN3/c1-14-8-5-13-11(14)4-7-15-6-2-3-10(15)9-12/h5,8,10H,2-4,6-7,9H2,1H3. The fourth-order valence-electron chi connectivity index (χ4n) is 2.25. The minimum absolute atomic E-state index is 0.590. The van der Waals surface area contributed by atoms with Crippen molar-refractivity contribution in [2.24, 2.45) is 7.05 Å². The van der Waals surface area contributed by atoms with Gasteiger partial charge < -0.3 is 4.57 Å². The summed E-state index contributed by atoms with van der Waals surface area (Å²) in [5.41, 5.74) is 0. The number of alkyl halides is 1. The van der Waals surface area contributed by atoms with E-state index in [0.717, 1.165) is 24.7 Å². The first-order valence-corrected chi connectivity index (χ1v) is 6.11. The molecule has 1 fully saturated rings. The van der Waals surface area contributed by atoms with Gasteiger partial charge in [-0.1, -0.05) is 0 Å². The molecule has 0 aromatic carbocycles. The number of halogens is 1. The summed E-state index contributed by atoms with van der Waals surface area (Å²) in [5, 5.41) is 0. The molecule has 3 nitrogen and oxygen atoms in total. The molecule has 0 aliphatic carbocycles. The number of nitrogens with zero attached hydrogens (tertiary/aromatic N) is 3. The van der Waals surface area contributed by atoms with Gasteiger partial charge in [0.1, 0.15) is 5.82 Å². The Labute approximate surface area is 96.0 Å².